The molecule has 148 valence electrons. The van der Waals surface area contributed by atoms with E-state index in [4.69, 9.17) is 4.74 Å². The number of benzene rings is 1. The number of rotatable bonds is 3. The van der Waals surface area contributed by atoms with Crippen molar-refractivity contribution in [3.63, 3.8) is 0 Å². The summed E-state index contributed by atoms with van der Waals surface area (Å²) >= 11 is 3.39. The van der Waals surface area contributed by atoms with E-state index in [0.29, 0.717) is 43.7 Å². The van der Waals surface area contributed by atoms with E-state index in [1.165, 1.54) is 10.7 Å². The number of carbonyl (C=O) groups excluding carboxylic acids is 1. The molecule has 27 heavy (non-hydrogen) atoms. The Morgan fingerprint density at radius 3 is 2.56 bits per heavy atom. The van der Waals surface area contributed by atoms with E-state index in [1.807, 2.05) is 12.1 Å². The number of fused-ring (bicyclic) bond motifs is 1. The van der Waals surface area contributed by atoms with Crippen LogP contribution in [0.4, 0.5) is 0 Å². The molecule has 1 aromatic carbocycles. The van der Waals surface area contributed by atoms with Gasteiger partial charge in [0.05, 0.1) is 12.0 Å². The summed E-state index contributed by atoms with van der Waals surface area (Å²) in [6.45, 7) is 0.752. The van der Waals surface area contributed by atoms with Crippen molar-refractivity contribution in [3.8, 4) is 5.75 Å². The van der Waals surface area contributed by atoms with E-state index in [1.54, 1.807) is 6.07 Å². The fraction of sp³-hybridized carbons (Fsp3) is 0.632. The minimum absolute atomic E-state index is 0.0532. The number of carbonyl (C=O) groups is 1. The van der Waals surface area contributed by atoms with Gasteiger partial charge in [0, 0.05) is 36.4 Å². The molecule has 2 heterocycles. The second kappa shape index (κ2) is 7.46. The molecular weight excluding hydrogens is 432 g/mol. The summed E-state index contributed by atoms with van der Waals surface area (Å²) in [5, 5.41) is 0. The Kier molecular flexibility index (Phi) is 5.35. The van der Waals surface area contributed by atoms with Gasteiger partial charge in [-0.25, -0.2) is 0 Å². The first-order valence-corrected chi connectivity index (χ1v) is 11.9. The van der Waals surface area contributed by atoms with E-state index in [-0.39, 0.29) is 11.8 Å². The van der Waals surface area contributed by atoms with Crippen LogP contribution in [-0.2, 0) is 10.2 Å². The molecule has 2 aliphatic heterocycles. The molecule has 2 fully saturated rings. The Bertz CT molecular complexity index is 828. The quantitative estimate of drug-likeness (QED) is 0.755. The molecule has 6 nitrogen and oxygen atoms in total. The van der Waals surface area contributed by atoms with E-state index >= 15 is 0 Å². The van der Waals surface area contributed by atoms with Crippen LogP contribution in [0.15, 0.2) is 22.7 Å². The minimum Gasteiger partial charge on any atom is -0.486 e. The molecule has 1 spiro atoms. The Labute approximate surface area is 169 Å². The van der Waals surface area contributed by atoms with Gasteiger partial charge in [-0.15, -0.1) is 0 Å². The Morgan fingerprint density at radius 1 is 1.15 bits per heavy atom. The molecule has 0 bridgehead atoms. The third kappa shape index (κ3) is 4.09. The maximum atomic E-state index is 12.7. The topological polar surface area (TPSA) is 75.7 Å². The summed E-state index contributed by atoms with van der Waals surface area (Å²) < 4.78 is 36.9. The number of nitrogens with one attached hydrogen (secondary N) is 1. The van der Waals surface area contributed by atoms with Crippen molar-refractivity contribution in [2.45, 2.75) is 63.0 Å². The largest absolute Gasteiger partial charge is 0.486 e. The van der Waals surface area contributed by atoms with E-state index < -0.39 is 15.8 Å². The second-order valence-electron chi connectivity index (χ2n) is 7.88. The van der Waals surface area contributed by atoms with Crippen molar-refractivity contribution >= 4 is 31.9 Å². The number of ether oxygens (including phenoxy) is 1. The Balaban J connectivity index is 1.42. The maximum absolute atomic E-state index is 12.7. The number of Topliss-reactive ketones (excluding diaryl/α,β-unsaturated/α-hetero) is 1. The Morgan fingerprint density at radius 2 is 1.85 bits per heavy atom. The van der Waals surface area contributed by atoms with Crippen molar-refractivity contribution in [1.82, 2.24) is 9.03 Å². The van der Waals surface area contributed by atoms with Crippen molar-refractivity contribution in [2.75, 3.05) is 13.1 Å². The molecule has 1 aliphatic carbocycles. The summed E-state index contributed by atoms with van der Waals surface area (Å²) in [7, 11) is -3.48. The number of hydrogen-bond donors (Lipinski definition) is 1. The van der Waals surface area contributed by atoms with Crippen molar-refractivity contribution < 1.29 is 17.9 Å². The molecule has 0 aromatic heterocycles. The lowest BCUT2D eigenvalue weighted by Crippen LogP contribution is -2.55. The first-order valence-electron chi connectivity index (χ1n) is 9.66. The summed E-state index contributed by atoms with van der Waals surface area (Å²) in [4.78, 5) is 12.6. The lowest BCUT2D eigenvalue weighted by molar-refractivity contribution is 0.00566. The number of nitrogens with zero attached hydrogens (tertiary/aromatic N) is 1. The SMILES string of the molecule is O=C1CC2(CCN(S(=O)(=O)NC3CCCCC3)CC2)Oc2ccc(Br)cc21. The molecule has 1 N–H and O–H groups in total. The summed E-state index contributed by atoms with van der Waals surface area (Å²) in [5.74, 6) is 0.667. The van der Waals surface area contributed by atoms with Crippen molar-refractivity contribution in [2.24, 2.45) is 0 Å². The van der Waals surface area contributed by atoms with Crippen molar-refractivity contribution in [1.29, 1.82) is 0 Å². The van der Waals surface area contributed by atoms with Gasteiger partial charge in [-0.2, -0.15) is 17.4 Å². The van der Waals surface area contributed by atoms with Crippen LogP contribution in [0.2, 0.25) is 0 Å². The molecule has 0 radical (unpaired) electrons. The van der Waals surface area contributed by atoms with Gasteiger partial charge in [-0.05, 0) is 31.0 Å². The highest BCUT2D eigenvalue weighted by Gasteiger charge is 2.45. The monoisotopic (exact) mass is 456 g/mol. The molecule has 1 saturated heterocycles. The van der Waals surface area contributed by atoms with E-state index in [0.717, 1.165) is 30.2 Å². The molecule has 0 unspecified atom stereocenters. The number of ketones is 1. The van der Waals surface area contributed by atoms with Crippen LogP contribution >= 0.6 is 15.9 Å². The van der Waals surface area contributed by atoms with Gasteiger partial charge in [0.2, 0.25) is 0 Å². The van der Waals surface area contributed by atoms with Gasteiger partial charge in [0.1, 0.15) is 11.4 Å². The Hall–Kier alpha value is -0.960. The fourth-order valence-corrected chi connectivity index (χ4v) is 6.22. The summed E-state index contributed by atoms with van der Waals surface area (Å²) in [6, 6.07) is 5.51. The highest BCUT2D eigenvalue weighted by molar-refractivity contribution is 9.10. The smallest absolute Gasteiger partial charge is 0.279 e. The van der Waals surface area contributed by atoms with Crippen LogP contribution in [0.3, 0.4) is 0 Å². The van der Waals surface area contributed by atoms with E-state index in [9.17, 15) is 13.2 Å². The number of hydrogen-bond acceptors (Lipinski definition) is 4. The highest BCUT2D eigenvalue weighted by atomic mass is 79.9. The average Bonchev–Trinajstić information content (AvgIpc) is 2.63. The first-order chi connectivity index (χ1) is 12.9. The molecule has 0 atom stereocenters. The van der Waals surface area contributed by atoms with Gasteiger partial charge >= 0.3 is 0 Å². The molecule has 8 heteroatoms. The van der Waals surface area contributed by atoms with Crippen molar-refractivity contribution in [3.05, 3.63) is 28.2 Å². The molecule has 0 amide bonds. The van der Waals surface area contributed by atoms with Gasteiger partial charge in [-0.1, -0.05) is 35.2 Å². The highest BCUT2D eigenvalue weighted by Crippen LogP contribution is 2.40. The van der Waals surface area contributed by atoms with Crippen LogP contribution in [0, 0.1) is 0 Å². The zero-order chi connectivity index (χ0) is 19.1. The molecule has 3 aliphatic rings. The molecular formula is C19H25BrN2O4S. The summed E-state index contributed by atoms with van der Waals surface area (Å²) in [5.41, 5.74) is 0.0124. The van der Waals surface area contributed by atoms with Gasteiger partial charge in [0.15, 0.2) is 5.78 Å². The predicted molar refractivity (Wildman–Crippen MR) is 106 cm³/mol. The maximum Gasteiger partial charge on any atom is 0.279 e. The average molecular weight is 457 g/mol. The normalized spacial score (nSPS) is 23.8. The van der Waals surface area contributed by atoms with Gasteiger partial charge in [0.25, 0.3) is 10.2 Å². The fourth-order valence-electron chi connectivity index (χ4n) is 4.38. The third-order valence-electron chi connectivity index (χ3n) is 5.95. The molecule has 1 saturated carbocycles. The lowest BCUT2D eigenvalue weighted by atomic mass is 9.83. The standard InChI is InChI=1S/C19H25BrN2O4S/c20-14-6-7-18-16(12-14)17(23)13-19(26-18)8-10-22(11-9-19)27(24,25)21-15-4-2-1-3-5-15/h6-7,12,15,21H,1-5,8-11,13H2. The molecule has 1 aromatic rings. The predicted octanol–water partition coefficient (Wildman–Crippen LogP) is 3.42. The lowest BCUT2D eigenvalue weighted by Gasteiger charge is -2.43. The third-order valence-corrected chi connectivity index (χ3v) is 8.11. The van der Waals surface area contributed by atoms with Crippen LogP contribution in [-0.4, -0.2) is 43.2 Å². The van der Waals surface area contributed by atoms with Crippen LogP contribution in [0.1, 0.15) is 61.7 Å². The van der Waals surface area contributed by atoms with Crippen LogP contribution in [0.25, 0.3) is 0 Å². The number of halogens is 1. The summed E-state index contributed by atoms with van der Waals surface area (Å²) in [6.07, 6.45) is 6.55. The van der Waals surface area contributed by atoms with Gasteiger partial charge < -0.3 is 4.74 Å². The van der Waals surface area contributed by atoms with E-state index in [2.05, 4.69) is 20.7 Å². The van der Waals surface area contributed by atoms with Crippen LogP contribution < -0.4 is 9.46 Å². The number of piperidine rings is 1. The molecule has 4 rings (SSSR count). The van der Waals surface area contributed by atoms with Crippen LogP contribution in [0.5, 0.6) is 5.75 Å². The minimum atomic E-state index is -3.48. The second-order valence-corrected chi connectivity index (χ2v) is 10.5. The zero-order valence-electron chi connectivity index (χ0n) is 15.2. The van der Waals surface area contributed by atoms with Gasteiger partial charge in [-0.3, -0.25) is 4.79 Å². The zero-order valence-corrected chi connectivity index (χ0v) is 17.6. The first kappa shape index (κ1) is 19.4.